The van der Waals surface area contributed by atoms with Crippen LogP contribution in [0.5, 0.6) is 0 Å². The van der Waals surface area contributed by atoms with E-state index in [1.165, 1.54) is 27.1 Å². The molecule has 0 saturated heterocycles. The molecule has 5 aromatic carbocycles. The Hall–Kier alpha value is -4.51. The second kappa shape index (κ2) is 12.4. The van der Waals surface area contributed by atoms with Gasteiger partial charge in [-0.3, -0.25) is 0 Å². The molecule has 0 unspecified atom stereocenters. The van der Waals surface area contributed by atoms with Gasteiger partial charge in [-0.05, 0) is 44.4 Å². The number of aromatic nitrogens is 2. The lowest BCUT2D eigenvalue weighted by Gasteiger charge is -2.43. The molecule has 0 radical (unpaired) electrons. The van der Waals surface area contributed by atoms with Crippen molar-refractivity contribution in [3.8, 4) is 0 Å². The molecule has 1 aromatic heterocycles. The summed E-state index contributed by atoms with van der Waals surface area (Å²) in [5.41, 5.74) is 4.21. The van der Waals surface area contributed by atoms with Gasteiger partial charge in [0, 0.05) is 18.7 Å². The van der Waals surface area contributed by atoms with Crippen LogP contribution in [0.4, 0.5) is 0 Å². The molecule has 2 atom stereocenters. The van der Waals surface area contributed by atoms with Crippen LogP contribution in [0.25, 0.3) is 0 Å². The van der Waals surface area contributed by atoms with Crippen molar-refractivity contribution in [1.29, 1.82) is 0 Å². The van der Waals surface area contributed by atoms with Crippen LogP contribution >= 0.6 is 0 Å². The van der Waals surface area contributed by atoms with Crippen LogP contribution in [0.15, 0.2) is 164 Å². The fraction of sp³-hybridized carbons (Fsp3) is 0.214. The number of benzene rings is 5. The maximum Gasteiger partial charge on any atom is 0.261 e. The van der Waals surface area contributed by atoms with Crippen LogP contribution in [0.3, 0.4) is 0 Å². The Morgan fingerprint density at radius 1 is 0.630 bits per heavy atom. The zero-order valence-electron chi connectivity index (χ0n) is 27.0. The largest absolute Gasteiger partial charge is 0.407 e. The van der Waals surface area contributed by atoms with E-state index in [-0.39, 0.29) is 5.04 Å². The Morgan fingerprint density at radius 3 is 1.46 bits per heavy atom. The lowest BCUT2D eigenvalue weighted by Crippen LogP contribution is -2.66. The van der Waals surface area contributed by atoms with E-state index in [1.54, 1.807) is 0 Å². The normalized spacial score (nSPS) is 16.7. The van der Waals surface area contributed by atoms with Gasteiger partial charge in [-0.15, -0.1) is 0 Å². The van der Waals surface area contributed by atoms with Crippen LogP contribution in [-0.4, -0.2) is 24.5 Å². The third-order valence-corrected chi connectivity index (χ3v) is 14.8. The first kappa shape index (κ1) is 30.2. The smallest absolute Gasteiger partial charge is 0.261 e. The van der Waals surface area contributed by atoms with E-state index in [0.29, 0.717) is 11.8 Å². The summed E-state index contributed by atoms with van der Waals surface area (Å²) in [6.07, 6.45) is 5.42. The highest BCUT2D eigenvalue weighted by atomic mass is 28.4. The summed E-state index contributed by atoms with van der Waals surface area (Å²) < 4.78 is 9.66. The van der Waals surface area contributed by atoms with Crippen LogP contribution in [0, 0.1) is 5.92 Å². The predicted molar refractivity (Wildman–Crippen MR) is 191 cm³/mol. The zero-order chi connectivity index (χ0) is 31.6. The van der Waals surface area contributed by atoms with Crippen molar-refractivity contribution >= 4 is 18.7 Å². The van der Waals surface area contributed by atoms with Gasteiger partial charge in [0.2, 0.25) is 0 Å². The summed E-state index contributed by atoms with van der Waals surface area (Å²) in [5.74, 6) is 0.809. The van der Waals surface area contributed by atoms with E-state index < -0.39 is 13.9 Å². The summed E-state index contributed by atoms with van der Waals surface area (Å²) in [6, 6.07) is 54.4. The molecule has 230 valence electrons. The molecule has 0 N–H and O–H groups in total. The van der Waals surface area contributed by atoms with E-state index in [0.717, 1.165) is 18.7 Å². The van der Waals surface area contributed by atoms with Gasteiger partial charge in [0.05, 0.1) is 12.0 Å². The van der Waals surface area contributed by atoms with E-state index >= 15 is 0 Å². The fourth-order valence-electron chi connectivity index (χ4n) is 7.49. The number of hydrogen-bond acceptors (Lipinski definition) is 2. The Balaban J connectivity index is 1.23. The van der Waals surface area contributed by atoms with E-state index in [2.05, 4.69) is 183 Å². The van der Waals surface area contributed by atoms with Crippen molar-refractivity contribution in [1.82, 2.24) is 9.55 Å². The summed E-state index contributed by atoms with van der Waals surface area (Å²) in [5, 5.41) is 2.62. The van der Waals surface area contributed by atoms with E-state index in [4.69, 9.17) is 9.41 Å². The first-order chi connectivity index (χ1) is 22.4. The van der Waals surface area contributed by atoms with Gasteiger partial charge in [0.25, 0.3) is 8.32 Å². The number of rotatable bonds is 10. The second-order valence-electron chi connectivity index (χ2n) is 13.6. The topological polar surface area (TPSA) is 27.1 Å². The average Bonchev–Trinajstić information content (AvgIpc) is 3.72. The molecule has 7 rings (SSSR count). The Kier molecular flexibility index (Phi) is 8.10. The van der Waals surface area contributed by atoms with Crippen molar-refractivity contribution in [2.75, 3.05) is 6.61 Å². The van der Waals surface area contributed by atoms with Gasteiger partial charge in [0.15, 0.2) is 0 Å². The third-order valence-electron chi connectivity index (χ3n) is 9.80. The Morgan fingerprint density at radius 2 is 1.04 bits per heavy atom. The minimum absolute atomic E-state index is 0.0394. The molecule has 6 aromatic rings. The first-order valence-electron chi connectivity index (χ1n) is 16.4. The highest BCUT2D eigenvalue weighted by Crippen LogP contribution is 2.49. The molecule has 1 aliphatic rings. The summed E-state index contributed by atoms with van der Waals surface area (Å²) >= 11 is 0. The molecule has 0 amide bonds. The lowest BCUT2D eigenvalue weighted by molar-refractivity contribution is 0.278. The summed E-state index contributed by atoms with van der Waals surface area (Å²) in [6.45, 7) is 7.77. The fourth-order valence-corrected chi connectivity index (χ4v) is 12.1. The van der Waals surface area contributed by atoms with Gasteiger partial charge in [-0.2, -0.15) is 0 Å². The monoisotopic (exact) mass is 618 g/mol. The molecule has 0 aliphatic heterocycles. The molecule has 4 heteroatoms. The number of hydrogen-bond donors (Lipinski definition) is 0. The van der Waals surface area contributed by atoms with Crippen LogP contribution in [0.1, 0.15) is 55.5 Å². The quantitative estimate of drug-likeness (QED) is 0.114. The van der Waals surface area contributed by atoms with Gasteiger partial charge >= 0.3 is 0 Å². The Labute approximate surface area is 274 Å². The van der Waals surface area contributed by atoms with Crippen LogP contribution < -0.4 is 10.4 Å². The molecule has 0 spiro atoms. The maximum absolute atomic E-state index is 7.33. The molecule has 1 fully saturated rings. The van der Waals surface area contributed by atoms with Crippen molar-refractivity contribution in [3.05, 3.63) is 187 Å². The van der Waals surface area contributed by atoms with Crippen LogP contribution in [0.2, 0.25) is 5.04 Å². The first-order valence-corrected chi connectivity index (χ1v) is 18.3. The lowest BCUT2D eigenvalue weighted by atomic mass is 9.77. The third kappa shape index (κ3) is 5.26. The van der Waals surface area contributed by atoms with Crippen LogP contribution in [-0.2, 0) is 9.96 Å². The Bertz CT molecular complexity index is 1710. The van der Waals surface area contributed by atoms with E-state index in [9.17, 15) is 0 Å². The maximum atomic E-state index is 7.33. The van der Waals surface area contributed by atoms with Crippen molar-refractivity contribution in [2.24, 2.45) is 5.92 Å². The SMILES string of the molecule is CC(C)(C)[Si](OC[C@H]1C[C@@H]1c1cn(C(c2ccccc2)(c2ccccc2)c2ccccc2)cn1)(c1ccccc1)c1ccccc1. The second-order valence-corrected chi connectivity index (χ2v) is 17.9. The molecule has 46 heavy (non-hydrogen) atoms. The van der Waals surface area contributed by atoms with Crippen molar-refractivity contribution in [2.45, 2.75) is 43.7 Å². The number of nitrogens with zero attached hydrogens (tertiary/aromatic N) is 2. The van der Waals surface area contributed by atoms with Gasteiger partial charge in [-0.1, -0.05) is 172 Å². The number of imidazole rings is 1. The minimum Gasteiger partial charge on any atom is -0.407 e. The highest BCUT2D eigenvalue weighted by molar-refractivity contribution is 6.99. The molecular formula is C42H42N2OSi. The molecule has 0 bridgehead atoms. The summed E-state index contributed by atoms with van der Waals surface area (Å²) in [4.78, 5) is 5.10. The molecular weight excluding hydrogens is 577 g/mol. The zero-order valence-corrected chi connectivity index (χ0v) is 28.0. The average molecular weight is 619 g/mol. The molecule has 1 heterocycles. The van der Waals surface area contributed by atoms with Crippen molar-refractivity contribution in [3.63, 3.8) is 0 Å². The summed E-state index contributed by atoms with van der Waals surface area (Å²) in [7, 11) is -2.59. The molecule has 1 saturated carbocycles. The molecule has 1 aliphatic carbocycles. The highest BCUT2D eigenvalue weighted by Gasteiger charge is 2.52. The van der Waals surface area contributed by atoms with Gasteiger partial charge < -0.3 is 8.99 Å². The van der Waals surface area contributed by atoms with E-state index in [1.807, 2.05) is 6.33 Å². The minimum atomic E-state index is -2.59. The standard InChI is InChI=1S/C42H42N2OSi/c1-41(2,3)46(37-25-15-7-16-26-37,38-27-17-8-18-28-38)45-31-33-29-39(33)40-30-44(32-43-40)42(34-19-9-4-10-20-34,35-21-11-5-12-22-35)36-23-13-6-14-24-36/h4-28,30,32-33,39H,29,31H2,1-3H3/t33-,39+/m1/s1. The van der Waals surface area contributed by atoms with Crippen molar-refractivity contribution < 1.29 is 4.43 Å². The van der Waals surface area contributed by atoms with Gasteiger partial charge in [-0.25, -0.2) is 4.98 Å². The molecule has 3 nitrogen and oxygen atoms in total. The predicted octanol–water partition coefficient (Wildman–Crippen LogP) is 8.40. The van der Waals surface area contributed by atoms with Gasteiger partial charge in [0.1, 0.15) is 5.54 Å².